The summed E-state index contributed by atoms with van der Waals surface area (Å²) in [5.41, 5.74) is 0.592. The number of hydrogen-bond donors (Lipinski definition) is 0. The Labute approximate surface area is 129 Å². The molecule has 3 rings (SSSR count). The highest BCUT2D eigenvalue weighted by atomic mass is 32.1. The molecule has 0 bridgehead atoms. The van der Waals surface area contributed by atoms with Gasteiger partial charge in [-0.2, -0.15) is 5.10 Å². The van der Waals surface area contributed by atoms with E-state index in [9.17, 15) is 13.6 Å². The smallest absolute Gasteiger partial charge is 0.266 e. The third-order valence-electron chi connectivity index (χ3n) is 3.31. The van der Waals surface area contributed by atoms with Crippen LogP contribution in [0, 0.1) is 11.6 Å². The van der Waals surface area contributed by atoms with Crippen LogP contribution in [0.15, 0.2) is 41.9 Å². The minimum atomic E-state index is -0.691. The van der Waals surface area contributed by atoms with E-state index < -0.39 is 11.6 Å². The van der Waals surface area contributed by atoms with Crippen molar-refractivity contribution < 1.29 is 13.6 Å². The van der Waals surface area contributed by atoms with E-state index in [1.165, 1.54) is 35.7 Å². The summed E-state index contributed by atoms with van der Waals surface area (Å²) in [6.45, 7) is 1.85. The average Bonchev–Trinajstić information content (AvgIpc) is 3.16. The highest BCUT2D eigenvalue weighted by Crippen LogP contribution is 2.28. The molecule has 3 nitrogen and oxygen atoms in total. The third kappa shape index (κ3) is 2.46. The van der Waals surface area contributed by atoms with Crippen molar-refractivity contribution >= 4 is 17.2 Å². The van der Waals surface area contributed by atoms with Gasteiger partial charge in [0.15, 0.2) is 0 Å². The van der Waals surface area contributed by atoms with E-state index in [0.717, 1.165) is 4.68 Å². The Hall–Kier alpha value is -2.34. The van der Waals surface area contributed by atoms with Gasteiger partial charge in [-0.25, -0.2) is 13.5 Å². The van der Waals surface area contributed by atoms with Gasteiger partial charge in [0.25, 0.3) is 5.91 Å². The zero-order valence-corrected chi connectivity index (χ0v) is 12.5. The van der Waals surface area contributed by atoms with Crippen molar-refractivity contribution in [1.82, 2.24) is 9.78 Å². The summed E-state index contributed by atoms with van der Waals surface area (Å²) in [6.07, 6.45) is 2.05. The molecule has 22 heavy (non-hydrogen) atoms. The van der Waals surface area contributed by atoms with E-state index in [0.29, 0.717) is 16.9 Å². The molecular formula is C16H12F2N2OS. The molecule has 0 saturated heterocycles. The Morgan fingerprint density at radius 3 is 2.55 bits per heavy atom. The molecule has 2 heterocycles. The van der Waals surface area contributed by atoms with Gasteiger partial charge in [0.1, 0.15) is 17.3 Å². The average molecular weight is 318 g/mol. The van der Waals surface area contributed by atoms with Gasteiger partial charge in [0.2, 0.25) is 0 Å². The molecule has 0 aliphatic heterocycles. The van der Waals surface area contributed by atoms with Crippen molar-refractivity contribution in [3.63, 3.8) is 0 Å². The Bertz CT molecular complexity index is 805. The normalized spacial score (nSPS) is 10.9. The van der Waals surface area contributed by atoms with Crippen LogP contribution in [0.3, 0.4) is 0 Å². The molecule has 0 unspecified atom stereocenters. The molecule has 0 N–H and O–H groups in total. The summed E-state index contributed by atoms with van der Waals surface area (Å²) in [4.78, 5) is 12.8. The molecular weight excluding hydrogens is 306 g/mol. The van der Waals surface area contributed by atoms with Crippen molar-refractivity contribution in [1.29, 1.82) is 0 Å². The number of hydrogen-bond acceptors (Lipinski definition) is 3. The SMILES string of the molecule is CCc1cn(C(=O)c2cccs2)nc1-c1c(F)cccc1F. The fourth-order valence-electron chi connectivity index (χ4n) is 2.22. The van der Waals surface area contributed by atoms with Gasteiger partial charge in [-0.05, 0) is 35.6 Å². The Kier molecular flexibility index (Phi) is 3.85. The molecule has 0 radical (unpaired) electrons. The number of carbonyl (C=O) groups is 1. The van der Waals surface area contributed by atoms with Gasteiger partial charge in [-0.1, -0.05) is 19.1 Å². The van der Waals surface area contributed by atoms with Gasteiger partial charge in [0.05, 0.1) is 10.4 Å². The number of aryl methyl sites for hydroxylation is 1. The number of nitrogens with zero attached hydrogens (tertiary/aromatic N) is 2. The first-order valence-corrected chi connectivity index (χ1v) is 7.61. The topological polar surface area (TPSA) is 34.9 Å². The van der Waals surface area contributed by atoms with Crippen LogP contribution in [0.4, 0.5) is 8.78 Å². The second-order valence-corrected chi connectivity index (χ2v) is 5.63. The van der Waals surface area contributed by atoms with Crippen LogP contribution in [-0.2, 0) is 6.42 Å². The van der Waals surface area contributed by atoms with Crippen LogP contribution in [0.25, 0.3) is 11.3 Å². The minimum Gasteiger partial charge on any atom is -0.266 e. The van der Waals surface area contributed by atoms with Crippen molar-refractivity contribution in [2.45, 2.75) is 13.3 Å². The van der Waals surface area contributed by atoms with E-state index in [1.807, 2.05) is 6.92 Å². The molecule has 0 amide bonds. The lowest BCUT2D eigenvalue weighted by atomic mass is 10.1. The maximum absolute atomic E-state index is 14.0. The van der Waals surface area contributed by atoms with Crippen LogP contribution >= 0.6 is 11.3 Å². The lowest BCUT2D eigenvalue weighted by molar-refractivity contribution is 0.0949. The van der Waals surface area contributed by atoms with Crippen molar-refractivity contribution in [2.24, 2.45) is 0 Å². The molecule has 6 heteroatoms. The van der Waals surface area contributed by atoms with E-state index in [2.05, 4.69) is 5.10 Å². The molecule has 1 aromatic carbocycles. The maximum Gasteiger partial charge on any atom is 0.288 e. The van der Waals surface area contributed by atoms with Crippen molar-refractivity contribution in [3.8, 4) is 11.3 Å². The first-order valence-electron chi connectivity index (χ1n) is 6.73. The predicted octanol–water partition coefficient (Wildman–Crippen LogP) is 4.14. The zero-order valence-electron chi connectivity index (χ0n) is 11.7. The first-order chi connectivity index (χ1) is 10.6. The molecule has 112 valence electrons. The van der Waals surface area contributed by atoms with E-state index in [4.69, 9.17) is 0 Å². The van der Waals surface area contributed by atoms with E-state index in [1.54, 1.807) is 17.5 Å². The lowest BCUT2D eigenvalue weighted by Gasteiger charge is -2.03. The van der Waals surface area contributed by atoms with Crippen LogP contribution in [0.2, 0.25) is 0 Å². The predicted molar refractivity (Wildman–Crippen MR) is 81.0 cm³/mol. The maximum atomic E-state index is 14.0. The lowest BCUT2D eigenvalue weighted by Crippen LogP contribution is -2.11. The Morgan fingerprint density at radius 1 is 1.23 bits per heavy atom. The first kappa shape index (κ1) is 14.6. The van der Waals surface area contributed by atoms with Crippen LogP contribution < -0.4 is 0 Å². The summed E-state index contributed by atoms with van der Waals surface area (Å²) in [5.74, 6) is -1.69. The van der Waals surface area contributed by atoms with Gasteiger partial charge < -0.3 is 0 Å². The number of benzene rings is 1. The minimum absolute atomic E-state index is 0.169. The summed E-state index contributed by atoms with van der Waals surface area (Å²) < 4.78 is 29.1. The number of aromatic nitrogens is 2. The quantitative estimate of drug-likeness (QED) is 0.727. The van der Waals surface area contributed by atoms with Crippen LogP contribution in [-0.4, -0.2) is 15.7 Å². The summed E-state index contributed by atoms with van der Waals surface area (Å²) in [7, 11) is 0. The molecule has 0 atom stereocenters. The molecule has 0 aliphatic carbocycles. The summed E-state index contributed by atoms with van der Waals surface area (Å²) >= 11 is 1.29. The number of carbonyl (C=O) groups excluding carboxylic acids is 1. The molecule has 0 fully saturated rings. The van der Waals surface area contributed by atoms with E-state index in [-0.39, 0.29) is 17.2 Å². The van der Waals surface area contributed by atoms with Gasteiger partial charge in [-0.3, -0.25) is 4.79 Å². The summed E-state index contributed by atoms with van der Waals surface area (Å²) in [6, 6.07) is 7.10. The second kappa shape index (κ2) is 5.81. The number of halogens is 2. The van der Waals surface area contributed by atoms with E-state index >= 15 is 0 Å². The Morgan fingerprint density at radius 2 is 1.95 bits per heavy atom. The van der Waals surface area contributed by atoms with Crippen molar-refractivity contribution in [2.75, 3.05) is 0 Å². The van der Waals surface area contributed by atoms with Gasteiger partial charge in [-0.15, -0.1) is 11.3 Å². The monoisotopic (exact) mass is 318 g/mol. The van der Waals surface area contributed by atoms with Crippen LogP contribution in [0.1, 0.15) is 22.2 Å². The van der Waals surface area contributed by atoms with Gasteiger partial charge >= 0.3 is 0 Å². The van der Waals surface area contributed by atoms with Crippen LogP contribution in [0.5, 0.6) is 0 Å². The number of rotatable bonds is 3. The fourth-order valence-corrected chi connectivity index (χ4v) is 2.88. The highest BCUT2D eigenvalue weighted by Gasteiger charge is 2.20. The molecule has 0 aliphatic rings. The standard InChI is InChI=1S/C16H12F2N2OS/c1-2-10-9-20(16(21)13-7-4-8-22-13)19-15(10)14-11(17)5-3-6-12(14)18/h3-9H,2H2,1H3. The second-order valence-electron chi connectivity index (χ2n) is 4.68. The Balaban J connectivity index is 2.12. The zero-order chi connectivity index (χ0) is 15.7. The van der Waals surface area contributed by atoms with Gasteiger partial charge in [0, 0.05) is 6.20 Å². The highest BCUT2D eigenvalue weighted by molar-refractivity contribution is 7.12. The molecule has 0 saturated carbocycles. The fraction of sp³-hybridized carbons (Fsp3) is 0.125. The van der Waals surface area contributed by atoms with Crippen molar-refractivity contribution in [3.05, 3.63) is 64.0 Å². The third-order valence-corrected chi connectivity index (χ3v) is 4.17. The number of thiophene rings is 1. The summed E-state index contributed by atoms with van der Waals surface area (Å²) in [5, 5.41) is 5.91. The largest absolute Gasteiger partial charge is 0.288 e. The molecule has 0 spiro atoms. The molecule has 3 aromatic rings. The molecule has 2 aromatic heterocycles.